The molecule has 0 aromatic carbocycles. The molecule has 1 nitrogen and oxygen atoms in total. The van der Waals surface area contributed by atoms with Crippen molar-refractivity contribution in [2.45, 2.75) is 13.8 Å². The van der Waals surface area contributed by atoms with E-state index in [1.165, 1.54) is 5.70 Å². The summed E-state index contributed by atoms with van der Waals surface area (Å²) in [4.78, 5) is 2.06. The number of allylic oxidation sites excluding steroid dienone is 5. The third-order valence-corrected chi connectivity index (χ3v) is 1.60. The fourth-order valence-electron chi connectivity index (χ4n) is 1.04. The van der Waals surface area contributed by atoms with Gasteiger partial charge in [0.25, 0.3) is 0 Å². The van der Waals surface area contributed by atoms with E-state index >= 15 is 0 Å². The molecule has 1 rings (SSSR count). The smallest absolute Gasteiger partial charge is 0.0409 e. The molecule has 0 radical (unpaired) electrons. The Morgan fingerprint density at radius 3 is 2.73 bits per heavy atom. The molecule has 1 aliphatic rings. The molecule has 0 saturated heterocycles. The van der Waals surface area contributed by atoms with Crippen LogP contribution < -0.4 is 0 Å². The highest BCUT2D eigenvalue weighted by Crippen LogP contribution is 2.16. The maximum Gasteiger partial charge on any atom is 0.0409 e. The van der Waals surface area contributed by atoms with Crippen molar-refractivity contribution in [3.63, 3.8) is 0 Å². The van der Waals surface area contributed by atoms with Gasteiger partial charge in [-0.2, -0.15) is 0 Å². The molecule has 11 heavy (non-hydrogen) atoms. The van der Waals surface area contributed by atoms with Gasteiger partial charge in [0.1, 0.15) is 0 Å². The average molecular weight is 147 g/mol. The summed E-state index contributed by atoms with van der Waals surface area (Å²) in [6.45, 7) is 7.89. The fourth-order valence-corrected chi connectivity index (χ4v) is 1.04. The minimum Gasteiger partial charge on any atom is -0.322 e. The number of hydrogen-bond acceptors (Lipinski definition) is 1. The van der Waals surface area contributed by atoms with E-state index < -0.39 is 0 Å². The molecule has 0 aliphatic carbocycles. The van der Waals surface area contributed by atoms with Crippen LogP contribution in [-0.2, 0) is 0 Å². The summed E-state index contributed by atoms with van der Waals surface area (Å²) in [5.74, 6) is 0. The van der Waals surface area contributed by atoms with Gasteiger partial charge in [-0.1, -0.05) is 18.7 Å². The van der Waals surface area contributed by atoms with Crippen molar-refractivity contribution >= 4 is 0 Å². The van der Waals surface area contributed by atoms with E-state index in [2.05, 4.69) is 23.6 Å². The Hall–Kier alpha value is -1.24. The molecule has 1 heterocycles. The largest absolute Gasteiger partial charge is 0.322 e. The molecule has 0 amide bonds. The van der Waals surface area contributed by atoms with Crippen LogP contribution in [-0.4, -0.2) is 4.90 Å². The second kappa shape index (κ2) is 3.24. The number of rotatable bonds is 1. The van der Waals surface area contributed by atoms with Crippen LogP contribution in [0.4, 0.5) is 0 Å². The molecule has 0 saturated carbocycles. The Bertz CT molecular complexity index is 244. The number of nitrogens with zero attached hydrogens (tertiary/aromatic N) is 1. The lowest BCUT2D eigenvalue weighted by molar-refractivity contribution is 0.591. The minimum atomic E-state index is 1.04. The normalized spacial score (nSPS) is 19.5. The summed E-state index contributed by atoms with van der Waals surface area (Å²) >= 11 is 0. The maximum absolute atomic E-state index is 3.88. The third kappa shape index (κ3) is 1.61. The first kappa shape index (κ1) is 7.86. The molecule has 0 atom stereocenters. The predicted molar refractivity (Wildman–Crippen MR) is 48.7 cm³/mol. The second-order valence-corrected chi connectivity index (χ2v) is 2.52. The van der Waals surface area contributed by atoms with Gasteiger partial charge < -0.3 is 4.90 Å². The zero-order valence-electron chi connectivity index (χ0n) is 7.04. The van der Waals surface area contributed by atoms with Gasteiger partial charge in [-0.3, -0.25) is 0 Å². The Kier molecular flexibility index (Phi) is 2.32. The van der Waals surface area contributed by atoms with Gasteiger partial charge in [-0.05, 0) is 26.0 Å². The van der Waals surface area contributed by atoms with Crippen LogP contribution in [0.3, 0.4) is 0 Å². The first-order chi connectivity index (χ1) is 5.25. The minimum absolute atomic E-state index is 1.04. The highest BCUT2D eigenvalue weighted by atomic mass is 15.1. The quantitative estimate of drug-likeness (QED) is 0.551. The van der Waals surface area contributed by atoms with Crippen molar-refractivity contribution in [1.29, 1.82) is 0 Å². The SMILES string of the molecule is C=C(C)N1C=CC=C/C1=C\C. The zero-order valence-corrected chi connectivity index (χ0v) is 7.04. The van der Waals surface area contributed by atoms with Crippen molar-refractivity contribution in [3.05, 3.63) is 48.5 Å². The zero-order chi connectivity index (χ0) is 8.27. The van der Waals surface area contributed by atoms with Crippen LogP contribution >= 0.6 is 0 Å². The summed E-state index contributed by atoms with van der Waals surface area (Å²) in [6.07, 6.45) is 10.2. The van der Waals surface area contributed by atoms with Gasteiger partial charge in [-0.15, -0.1) is 0 Å². The summed E-state index contributed by atoms with van der Waals surface area (Å²) in [7, 11) is 0. The molecule has 0 fully saturated rings. The van der Waals surface area contributed by atoms with Crippen LogP contribution in [0.1, 0.15) is 13.8 Å². The van der Waals surface area contributed by atoms with E-state index in [1.807, 2.05) is 32.2 Å². The third-order valence-electron chi connectivity index (χ3n) is 1.60. The average Bonchev–Trinajstić information content (AvgIpc) is 2.04. The fraction of sp³-hybridized carbons (Fsp3) is 0.200. The van der Waals surface area contributed by atoms with Crippen molar-refractivity contribution < 1.29 is 0 Å². The molecule has 0 unspecified atom stereocenters. The van der Waals surface area contributed by atoms with Gasteiger partial charge in [0.05, 0.1) is 0 Å². The van der Waals surface area contributed by atoms with Crippen LogP contribution in [0.25, 0.3) is 0 Å². The van der Waals surface area contributed by atoms with Crippen molar-refractivity contribution in [3.8, 4) is 0 Å². The highest BCUT2D eigenvalue weighted by molar-refractivity contribution is 5.30. The standard InChI is InChI=1S/C10H13N/c1-4-10-7-5-6-8-11(10)9(2)3/h4-8H,2H2,1,3H3/b10-4+. The van der Waals surface area contributed by atoms with Crippen molar-refractivity contribution in [1.82, 2.24) is 4.90 Å². The molecule has 0 aromatic heterocycles. The van der Waals surface area contributed by atoms with E-state index in [4.69, 9.17) is 0 Å². The Morgan fingerprint density at radius 1 is 1.55 bits per heavy atom. The molecular formula is C10H13N. The van der Waals surface area contributed by atoms with Crippen molar-refractivity contribution in [2.75, 3.05) is 0 Å². The second-order valence-electron chi connectivity index (χ2n) is 2.52. The van der Waals surface area contributed by atoms with E-state index in [0.29, 0.717) is 0 Å². The van der Waals surface area contributed by atoms with Gasteiger partial charge in [0.15, 0.2) is 0 Å². The van der Waals surface area contributed by atoms with Gasteiger partial charge in [0, 0.05) is 17.6 Å². The van der Waals surface area contributed by atoms with E-state index in [1.54, 1.807) is 0 Å². The summed E-state index contributed by atoms with van der Waals surface area (Å²) in [6, 6.07) is 0. The lowest BCUT2D eigenvalue weighted by Crippen LogP contribution is -2.13. The Labute approximate surface area is 68.0 Å². The van der Waals surface area contributed by atoms with Gasteiger partial charge in [0.2, 0.25) is 0 Å². The molecular weight excluding hydrogens is 134 g/mol. The topological polar surface area (TPSA) is 3.24 Å². The highest BCUT2D eigenvalue weighted by Gasteiger charge is 2.04. The summed E-state index contributed by atoms with van der Waals surface area (Å²) < 4.78 is 0. The lowest BCUT2D eigenvalue weighted by Gasteiger charge is -2.23. The molecule has 0 spiro atoms. The summed E-state index contributed by atoms with van der Waals surface area (Å²) in [5.41, 5.74) is 2.22. The monoisotopic (exact) mass is 147 g/mol. The Balaban J connectivity index is 2.88. The van der Waals surface area contributed by atoms with Crippen LogP contribution in [0.15, 0.2) is 48.5 Å². The Morgan fingerprint density at radius 2 is 2.27 bits per heavy atom. The first-order valence-electron chi connectivity index (χ1n) is 3.71. The van der Waals surface area contributed by atoms with Crippen molar-refractivity contribution in [2.24, 2.45) is 0 Å². The van der Waals surface area contributed by atoms with E-state index in [0.717, 1.165) is 5.70 Å². The first-order valence-corrected chi connectivity index (χ1v) is 3.71. The van der Waals surface area contributed by atoms with Gasteiger partial charge in [-0.25, -0.2) is 0 Å². The molecule has 0 N–H and O–H groups in total. The van der Waals surface area contributed by atoms with E-state index in [9.17, 15) is 0 Å². The van der Waals surface area contributed by atoms with Crippen LogP contribution in [0, 0.1) is 0 Å². The summed E-state index contributed by atoms with van der Waals surface area (Å²) in [5, 5.41) is 0. The molecule has 58 valence electrons. The van der Waals surface area contributed by atoms with Crippen LogP contribution in [0.5, 0.6) is 0 Å². The number of hydrogen-bond donors (Lipinski definition) is 0. The lowest BCUT2D eigenvalue weighted by atomic mass is 10.2. The van der Waals surface area contributed by atoms with Crippen LogP contribution in [0.2, 0.25) is 0 Å². The predicted octanol–water partition coefficient (Wildman–Crippen LogP) is 2.81. The molecule has 0 bridgehead atoms. The molecule has 1 heteroatoms. The van der Waals surface area contributed by atoms with Gasteiger partial charge >= 0.3 is 0 Å². The maximum atomic E-state index is 3.88. The molecule has 0 aromatic rings. The van der Waals surface area contributed by atoms with E-state index in [-0.39, 0.29) is 0 Å². The molecule has 1 aliphatic heterocycles.